The summed E-state index contributed by atoms with van der Waals surface area (Å²) in [5, 5.41) is 0. The molecule has 4 nitrogen and oxygen atoms in total. The van der Waals surface area contributed by atoms with Gasteiger partial charge in [-0.3, -0.25) is 4.79 Å². The third-order valence-electron chi connectivity index (χ3n) is 5.33. The van der Waals surface area contributed by atoms with Gasteiger partial charge < -0.3 is 9.47 Å². The van der Waals surface area contributed by atoms with Gasteiger partial charge in [0.15, 0.2) is 0 Å². The smallest absolute Gasteiger partial charge is 0.222 e. The van der Waals surface area contributed by atoms with E-state index < -0.39 is 0 Å². The number of aromatic nitrogens is 2. The Labute approximate surface area is 133 Å². The summed E-state index contributed by atoms with van der Waals surface area (Å²) >= 11 is 0. The van der Waals surface area contributed by atoms with Crippen molar-refractivity contribution in [3.05, 3.63) is 18.2 Å². The van der Waals surface area contributed by atoms with Crippen LogP contribution in [0.3, 0.4) is 0 Å². The van der Waals surface area contributed by atoms with E-state index in [1.807, 2.05) is 6.20 Å². The molecule has 1 aliphatic carbocycles. The second kappa shape index (κ2) is 6.84. The number of rotatable bonds is 4. The van der Waals surface area contributed by atoms with Gasteiger partial charge in [-0.1, -0.05) is 12.8 Å². The highest BCUT2D eigenvalue weighted by molar-refractivity contribution is 5.76. The third kappa shape index (κ3) is 3.36. The Balaban J connectivity index is 1.63. The van der Waals surface area contributed by atoms with Crippen molar-refractivity contribution in [2.24, 2.45) is 5.92 Å². The predicted octanol–water partition coefficient (Wildman–Crippen LogP) is 3.75. The standard InChI is InChI=1S/C18H29N3O/c1-14(2)21-11-9-19-18(21)16-8-5-10-20(13-16)17(22)12-15-6-3-4-7-15/h9,11,14-16H,3-8,10,12-13H2,1-2H3. The molecule has 1 aromatic rings. The highest BCUT2D eigenvalue weighted by atomic mass is 16.2. The van der Waals surface area contributed by atoms with Gasteiger partial charge >= 0.3 is 0 Å². The Morgan fingerprint density at radius 3 is 2.77 bits per heavy atom. The zero-order valence-electron chi connectivity index (χ0n) is 14.0. The monoisotopic (exact) mass is 303 g/mol. The average molecular weight is 303 g/mol. The maximum atomic E-state index is 12.6. The molecule has 3 rings (SSSR count). The molecule has 1 unspecified atom stereocenters. The molecular formula is C18H29N3O. The second-order valence-electron chi connectivity index (χ2n) is 7.32. The molecule has 122 valence electrons. The number of amides is 1. The number of piperidine rings is 1. The van der Waals surface area contributed by atoms with Crippen LogP contribution in [0.5, 0.6) is 0 Å². The highest BCUT2D eigenvalue weighted by Crippen LogP contribution is 2.31. The summed E-state index contributed by atoms with van der Waals surface area (Å²) in [7, 11) is 0. The minimum absolute atomic E-state index is 0.374. The lowest BCUT2D eigenvalue weighted by atomic mass is 9.95. The van der Waals surface area contributed by atoms with Gasteiger partial charge in [0.25, 0.3) is 0 Å². The summed E-state index contributed by atoms with van der Waals surface area (Å²) in [5.41, 5.74) is 0. The van der Waals surface area contributed by atoms with Gasteiger partial charge in [-0.2, -0.15) is 0 Å². The lowest BCUT2D eigenvalue weighted by molar-refractivity contribution is -0.133. The number of carbonyl (C=O) groups excluding carboxylic acids is 1. The molecule has 4 heteroatoms. The van der Waals surface area contributed by atoms with E-state index in [0.29, 0.717) is 23.8 Å². The summed E-state index contributed by atoms with van der Waals surface area (Å²) in [6, 6.07) is 0.432. The van der Waals surface area contributed by atoms with Crippen molar-refractivity contribution in [1.29, 1.82) is 0 Å². The highest BCUT2D eigenvalue weighted by Gasteiger charge is 2.29. The van der Waals surface area contributed by atoms with E-state index in [-0.39, 0.29) is 0 Å². The first-order valence-corrected chi connectivity index (χ1v) is 8.95. The van der Waals surface area contributed by atoms with E-state index in [0.717, 1.165) is 38.2 Å². The van der Waals surface area contributed by atoms with E-state index >= 15 is 0 Å². The Morgan fingerprint density at radius 1 is 1.27 bits per heavy atom. The van der Waals surface area contributed by atoms with Crippen LogP contribution < -0.4 is 0 Å². The summed E-state index contributed by atoms with van der Waals surface area (Å²) in [5.74, 6) is 2.58. The molecule has 2 aliphatic rings. The SMILES string of the molecule is CC(C)n1ccnc1C1CCCN(C(=O)CC2CCCC2)C1. The van der Waals surface area contributed by atoms with Crippen LogP contribution in [0.2, 0.25) is 0 Å². The first-order valence-electron chi connectivity index (χ1n) is 8.95. The van der Waals surface area contributed by atoms with E-state index in [4.69, 9.17) is 0 Å². The maximum Gasteiger partial charge on any atom is 0.222 e. The molecule has 1 saturated heterocycles. The molecule has 0 radical (unpaired) electrons. The van der Waals surface area contributed by atoms with Crippen molar-refractivity contribution in [1.82, 2.24) is 14.5 Å². The van der Waals surface area contributed by atoms with Crippen LogP contribution in [0.1, 0.15) is 76.6 Å². The largest absolute Gasteiger partial charge is 0.342 e. The molecule has 1 aromatic heterocycles. The Bertz CT molecular complexity index is 502. The lowest BCUT2D eigenvalue weighted by Gasteiger charge is -2.33. The van der Waals surface area contributed by atoms with Gasteiger partial charge in [0, 0.05) is 43.9 Å². The number of likely N-dealkylation sites (tertiary alicyclic amines) is 1. The third-order valence-corrected chi connectivity index (χ3v) is 5.33. The summed E-state index contributed by atoms with van der Waals surface area (Å²) in [4.78, 5) is 19.3. The van der Waals surface area contributed by atoms with Gasteiger partial charge in [0.1, 0.15) is 5.82 Å². The van der Waals surface area contributed by atoms with Crippen molar-refractivity contribution in [2.75, 3.05) is 13.1 Å². The molecule has 2 fully saturated rings. The lowest BCUT2D eigenvalue weighted by Crippen LogP contribution is -2.40. The van der Waals surface area contributed by atoms with E-state index in [1.165, 1.54) is 25.7 Å². The topological polar surface area (TPSA) is 38.1 Å². The summed E-state index contributed by atoms with van der Waals surface area (Å²) < 4.78 is 2.26. The fourth-order valence-corrected chi connectivity index (χ4v) is 4.08. The molecule has 1 saturated carbocycles. The number of carbonyl (C=O) groups is 1. The minimum atomic E-state index is 0.374. The van der Waals surface area contributed by atoms with Crippen LogP contribution >= 0.6 is 0 Å². The first-order chi connectivity index (χ1) is 10.6. The zero-order chi connectivity index (χ0) is 15.5. The van der Waals surface area contributed by atoms with E-state index in [1.54, 1.807) is 0 Å². The Kier molecular flexibility index (Phi) is 4.84. The van der Waals surface area contributed by atoms with Crippen molar-refractivity contribution in [3.63, 3.8) is 0 Å². The molecular weight excluding hydrogens is 274 g/mol. The zero-order valence-corrected chi connectivity index (χ0v) is 14.0. The van der Waals surface area contributed by atoms with Crippen molar-refractivity contribution >= 4 is 5.91 Å². The minimum Gasteiger partial charge on any atom is -0.342 e. The molecule has 0 bridgehead atoms. The molecule has 1 atom stereocenters. The van der Waals surface area contributed by atoms with Crippen molar-refractivity contribution in [3.8, 4) is 0 Å². The molecule has 22 heavy (non-hydrogen) atoms. The quantitative estimate of drug-likeness (QED) is 0.849. The van der Waals surface area contributed by atoms with Crippen LogP contribution in [0.4, 0.5) is 0 Å². The Hall–Kier alpha value is -1.32. The van der Waals surface area contributed by atoms with Gasteiger partial charge in [-0.05, 0) is 45.4 Å². The van der Waals surface area contributed by atoms with Crippen molar-refractivity contribution in [2.45, 2.75) is 70.8 Å². The number of hydrogen-bond donors (Lipinski definition) is 0. The number of imidazole rings is 1. The average Bonchev–Trinajstić information content (AvgIpc) is 3.18. The van der Waals surface area contributed by atoms with Crippen LogP contribution in [0, 0.1) is 5.92 Å². The predicted molar refractivity (Wildman–Crippen MR) is 87.7 cm³/mol. The molecule has 0 spiro atoms. The number of hydrogen-bond acceptors (Lipinski definition) is 2. The van der Waals surface area contributed by atoms with Crippen LogP contribution in [0.15, 0.2) is 12.4 Å². The van der Waals surface area contributed by atoms with Gasteiger partial charge in [-0.25, -0.2) is 4.98 Å². The van der Waals surface area contributed by atoms with Gasteiger partial charge in [0.2, 0.25) is 5.91 Å². The van der Waals surface area contributed by atoms with Crippen molar-refractivity contribution < 1.29 is 4.79 Å². The van der Waals surface area contributed by atoms with E-state index in [9.17, 15) is 4.79 Å². The fourth-order valence-electron chi connectivity index (χ4n) is 4.08. The molecule has 0 N–H and O–H groups in total. The van der Waals surface area contributed by atoms with Gasteiger partial charge in [0.05, 0.1) is 0 Å². The fraction of sp³-hybridized carbons (Fsp3) is 0.778. The molecule has 1 amide bonds. The second-order valence-corrected chi connectivity index (χ2v) is 7.32. The molecule has 0 aromatic carbocycles. The number of nitrogens with zero attached hydrogens (tertiary/aromatic N) is 3. The summed E-state index contributed by atoms with van der Waals surface area (Å²) in [6.45, 7) is 6.17. The van der Waals surface area contributed by atoms with Crippen LogP contribution in [-0.2, 0) is 4.79 Å². The van der Waals surface area contributed by atoms with Crippen LogP contribution in [-0.4, -0.2) is 33.4 Å². The molecule has 1 aliphatic heterocycles. The summed E-state index contributed by atoms with van der Waals surface area (Å²) in [6.07, 6.45) is 12.1. The first kappa shape index (κ1) is 15.6. The normalized spacial score (nSPS) is 23.4. The van der Waals surface area contributed by atoms with E-state index in [2.05, 4.69) is 34.5 Å². The Morgan fingerprint density at radius 2 is 2.05 bits per heavy atom. The van der Waals surface area contributed by atoms with Crippen LogP contribution in [0.25, 0.3) is 0 Å². The van der Waals surface area contributed by atoms with Gasteiger partial charge in [-0.15, -0.1) is 0 Å². The molecule has 2 heterocycles. The maximum absolute atomic E-state index is 12.6.